The highest BCUT2D eigenvalue weighted by Crippen LogP contribution is 2.26. The van der Waals surface area contributed by atoms with E-state index in [0.29, 0.717) is 5.56 Å². The van der Waals surface area contributed by atoms with Crippen molar-refractivity contribution < 1.29 is 14.3 Å². The van der Waals surface area contributed by atoms with Crippen molar-refractivity contribution in [3.63, 3.8) is 0 Å². The maximum Gasteiger partial charge on any atom is 0.340 e. The molecule has 1 atom stereocenters. The fourth-order valence-electron chi connectivity index (χ4n) is 2.69. The van der Waals surface area contributed by atoms with Crippen LogP contribution in [-0.4, -0.2) is 23.6 Å². The van der Waals surface area contributed by atoms with Gasteiger partial charge < -0.3 is 14.6 Å². The van der Waals surface area contributed by atoms with Gasteiger partial charge in [0.05, 0.1) is 12.7 Å². The van der Waals surface area contributed by atoms with Crippen LogP contribution in [-0.2, 0) is 9.53 Å². The first-order valence-electron chi connectivity index (χ1n) is 7.65. The van der Waals surface area contributed by atoms with Crippen LogP contribution in [0.1, 0.15) is 23.3 Å². The van der Waals surface area contributed by atoms with Crippen LogP contribution in [0.15, 0.2) is 60.8 Å². The Hall–Kier alpha value is -3.08. The molecule has 24 heavy (non-hydrogen) atoms. The molecule has 0 spiro atoms. The highest BCUT2D eigenvalue weighted by Gasteiger charge is 2.21. The van der Waals surface area contributed by atoms with E-state index in [4.69, 9.17) is 4.74 Å². The summed E-state index contributed by atoms with van der Waals surface area (Å²) in [4.78, 5) is 24.5. The molecule has 0 saturated heterocycles. The van der Waals surface area contributed by atoms with Gasteiger partial charge in [0, 0.05) is 22.8 Å². The lowest BCUT2D eigenvalue weighted by molar-refractivity contribution is -0.118. The van der Waals surface area contributed by atoms with Gasteiger partial charge in [-0.25, -0.2) is 4.79 Å². The quantitative estimate of drug-likeness (QED) is 0.746. The van der Waals surface area contributed by atoms with Gasteiger partial charge >= 0.3 is 5.97 Å². The van der Waals surface area contributed by atoms with E-state index in [0.717, 1.165) is 16.6 Å². The number of para-hydroxylation sites is 2. The number of nitrogens with zero attached hydrogens (tertiary/aromatic N) is 1. The number of ether oxygens (including phenoxy) is 1. The SMILES string of the molecule is COC(=O)c1cn([C@@H](C)C(=O)Nc2ccccc2)c2ccccc12. The minimum atomic E-state index is -0.478. The van der Waals surface area contributed by atoms with Gasteiger partial charge in [-0.3, -0.25) is 4.79 Å². The fourth-order valence-corrected chi connectivity index (χ4v) is 2.69. The molecular formula is C19H18N2O3. The number of rotatable bonds is 4. The average Bonchev–Trinajstić information content (AvgIpc) is 3.01. The van der Waals surface area contributed by atoms with Gasteiger partial charge in [0.2, 0.25) is 5.91 Å². The third-order valence-electron chi connectivity index (χ3n) is 3.98. The first-order chi connectivity index (χ1) is 11.6. The molecule has 5 nitrogen and oxygen atoms in total. The zero-order chi connectivity index (χ0) is 17.1. The maximum absolute atomic E-state index is 12.6. The second kappa shape index (κ2) is 6.58. The Balaban J connectivity index is 1.96. The third kappa shape index (κ3) is 2.88. The van der Waals surface area contributed by atoms with Gasteiger partial charge in [-0.1, -0.05) is 36.4 Å². The van der Waals surface area contributed by atoms with Crippen LogP contribution >= 0.6 is 0 Å². The number of amides is 1. The predicted molar refractivity (Wildman–Crippen MR) is 93.1 cm³/mol. The van der Waals surface area contributed by atoms with Crippen LogP contribution < -0.4 is 5.32 Å². The van der Waals surface area contributed by atoms with Crippen molar-refractivity contribution in [1.82, 2.24) is 4.57 Å². The van der Waals surface area contributed by atoms with Crippen LogP contribution in [0.5, 0.6) is 0 Å². The lowest BCUT2D eigenvalue weighted by Gasteiger charge is -2.15. The first-order valence-corrected chi connectivity index (χ1v) is 7.65. The summed E-state index contributed by atoms with van der Waals surface area (Å²) < 4.78 is 6.63. The zero-order valence-electron chi connectivity index (χ0n) is 13.5. The summed E-state index contributed by atoms with van der Waals surface area (Å²) in [6.07, 6.45) is 1.67. The summed E-state index contributed by atoms with van der Waals surface area (Å²) >= 11 is 0. The van der Waals surface area contributed by atoms with Crippen LogP contribution in [0.2, 0.25) is 0 Å². The Morgan fingerprint density at radius 2 is 1.71 bits per heavy atom. The largest absolute Gasteiger partial charge is 0.465 e. The van der Waals surface area contributed by atoms with E-state index < -0.39 is 12.0 Å². The standard InChI is InChI=1S/C19H18N2O3/c1-13(18(22)20-14-8-4-3-5-9-14)21-12-16(19(23)24-2)15-10-6-7-11-17(15)21/h3-13H,1-2H3,(H,20,22)/t13-/m0/s1. The smallest absolute Gasteiger partial charge is 0.340 e. The fraction of sp³-hybridized carbons (Fsp3) is 0.158. The molecule has 122 valence electrons. The van der Waals surface area contributed by atoms with Crippen LogP contribution in [0.25, 0.3) is 10.9 Å². The van der Waals surface area contributed by atoms with Crippen molar-refractivity contribution in [2.24, 2.45) is 0 Å². The van der Waals surface area contributed by atoms with Crippen molar-refractivity contribution in [1.29, 1.82) is 0 Å². The number of carbonyl (C=O) groups is 2. The molecule has 2 aromatic carbocycles. The summed E-state index contributed by atoms with van der Waals surface area (Å²) in [5.74, 6) is -0.570. The molecule has 0 fully saturated rings. The van der Waals surface area contributed by atoms with E-state index >= 15 is 0 Å². The van der Waals surface area contributed by atoms with E-state index in [1.165, 1.54) is 7.11 Å². The second-order valence-electron chi connectivity index (χ2n) is 5.49. The summed E-state index contributed by atoms with van der Waals surface area (Å²) in [7, 11) is 1.35. The number of hydrogen-bond donors (Lipinski definition) is 1. The van der Waals surface area contributed by atoms with Crippen molar-refractivity contribution >= 4 is 28.5 Å². The van der Waals surface area contributed by atoms with E-state index in [1.807, 2.05) is 54.6 Å². The average molecular weight is 322 g/mol. The number of esters is 1. The normalized spacial score (nSPS) is 11.9. The molecule has 1 N–H and O–H groups in total. The van der Waals surface area contributed by atoms with Gasteiger partial charge in [-0.05, 0) is 25.1 Å². The van der Waals surface area contributed by atoms with Crippen molar-refractivity contribution in [3.05, 3.63) is 66.4 Å². The summed E-state index contributed by atoms with van der Waals surface area (Å²) in [6, 6.07) is 16.3. The summed E-state index contributed by atoms with van der Waals surface area (Å²) in [6.45, 7) is 1.80. The van der Waals surface area contributed by atoms with Gasteiger partial charge in [0.15, 0.2) is 0 Å². The number of hydrogen-bond acceptors (Lipinski definition) is 3. The molecule has 0 saturated carbocycles. The topological polar surface area (TPSA) is 60.3 Å². The molecule has 0 unspecified atom stereocenters. The van der Waals surface area contributed by atoms with Crippen LogP contribution in [0.3, 0.4) is 0 Å². The lowest BCUT2D eigenvalue weighted by Crippen LogP contribution is -2.23. The second-order valence-corrected chi connectivity index (χ2v) is 5.49. The molecule has 1 heterocycles. The number of methoxy groups -OCH3 is 1. The molecule has 1 amide bonds. The van der Waals surface area contributed by atoms with Crippen LogP contribution in [0, 0.1) is 0 Å². The summed E-state index contributed by atoms with van der Waals surface area (Å²) in [5, 5.41) is 3.65. The Kier molecular flexibility index (Phi) is 4.33. The molecule has 0 aliphatic carbocycles. The number of benzene rings is 2. The number of fused-ring (bicyclic) bond motifs is 1. The molecule has 1 aromatic heterocycles. The predicted octanol–water partition coefficient (Wildman–Crippen LogP) is 3.63. The van der Waals surface area contributed by atoms with Crippen molar-refractivity contribution in [2.45, 2.75) is 13.0 Å². The number of nitrogens with one attached hydrogen (secondary N) is 1. The molecule has 0 aliphatic rings. The van der Waals surface area contributed by atoms with Gasteiger partial charge in [-0.15, -0.1) is 0 Å². The Morgan fingerprint density at radius 1 is 1.04 bits per heavy atom. The Morgan fingerprint density at radius 3 is 2.42 bits per heavy atom. The van der Waals surface area contributed by atoms with Gasteiger partial charge in [0.1, 0.15) is 6.04 Å². The minimum Gasteiger partial charge on any atom is -0.465 e. The van der Waals surface area contributed by atoms with Crippen molar-refractivity contribution in [2.75, 3.05) is 12.4 Å². The molecule has 0 bridgehead atoms. The number of carbonyl (C=O) groups excluding carboxylic acids is 2. The molecule has 3 rings (SSSR count). The minimum absolute atomic E-state index is 0.154. The highest BCUT2D eigenvalue weighted by molar-refractivity contribution is 6.05. The lowest BCUT2D eigenvalue weighted by atomic mass is 10.2. The first kappa shape index (κ1) is 15.8. The molecule has 3 aromatic rings. The summed E-state index contributed by atoms with van der Waals surface area (Å²) in [5.41, 5.74) is 2.00. The Labute approximate surface area is 139 Å². The van der Waals surface area contributed by atoms with Crippen LogP contribution in [0.4, 0.5) is 5.69 Å². The van der Waals surface area contributed by atoms with E-state index in [1.54, 1.807) is 17.7 Å². The van der Waals surface area contributed by atoms with Gasteiger partial charge in [-0.2, -0.15) is 0 Å². The monoisotopic (exact) mass is 322 g/mol. The van der Waals surface area contributed by atoms with E-state index in [9.17, 15) is 9.59 Å². The number of anilines is 1. The maximum atomic E-state index is 12.6. The highest BCUT2D eigenvalue weighted by atomic mass is 16.5. The zero-order valence-corrected chi connectivity index (χ0v) is 13.5. The third-order valence-corrected chi connectivity index (χ3v) is 3.98. The van der Waals surface area contributed by atoms with Crippen molar-refractivity contribution in [3.8, 4) is 0 Å². The van der Waals surface area contributed by atoms with E-state index in [-0.39, 0.29) is 5.91 Å². The van der Waals surface area contributed by atoms with E-state index in [2.05, 4.69) is 5.32 Å². The Bertz CT molecular complexity index is 884. The molecular weight excluding hydrogens is 304 g/mol. The molecule has 0 aliphatic heterocycles. The number of aromatic nitrogens is 1. The molecule has 5 heteroatoms. The molecule has 0 radical (unpaired) electrons. The van der Waals surface area contributed by atoms with Gasteiger partial charge in [0.25, 0.3) is 0 Å².